The maximum Gasteiger partial charge on any atom is 0.272 e. The molecule has 2 aromatic rings. The van der Waals surface area contributed by atoms with Crippen molar-refractivity contribution in [2.24, 2.45) is 0 Å². The van der Waals surface area contributed by atoms with E-state index in [0.29, 0.717) is 30.1 Å². The number of phenolic OH excluding ortho intramolecular Hbond substituents is 1. The van der Waals surface area contributed by atoms with Gasteiger partial charge in [-0.25, -0.2) is 0 Å². The summed E-state index contributed by atoms with van der Waals surface area (Å²) in [4.78, 5) is 18.8. The molecule has 30 heavy (non-hydrogen) atoms. The Morgan fingerprint density at radius 2 is 2.03 bits per heavy atom. The molecular formula is C24H29N3O3. The van der Waals surface area contributed by atoms with E-state index in [1.54, 1.807) is 23.2 Å². The van der Waals surface area contributed by atoms with E-state index in [0.717, 1.165) is 43.5 Å². The molecule has 1 saturated heterocycles. The van der Waals surface area contributed by atoms with Gasteiger partial charge in [0.1, 0.15) is 22.8 Å². The van der Waals surface area contributed by atoms with E-state index in [2.05, 4.69) is 16.4 Å². The highest BCUT2D eigenvalue weighted by molar-refractivity contribution is 5.93. The fraction of sp³-hybridized carbons (Fsp3) is 0.417. The Balaban J connectivity index is 1.75. The van der Waals surface area contributed by atoms with Crippen molar-refractivity contribution in [1.82, 2.24) is 15.2 Å². The van der Waals surface area contributed by atoms with Crippen LogP contribution in [0.3, 0.4) is 0 Å². The Labute approximate surface area is 177 Å². The van der Waals surface area contributed by atoms with E-state index < -0.39 is 5.60 Å². The number of fused-ring (bicyclic) bond motifs is 1. The molecule has 1 unspecified atom stereocenters. The summed E-state index contributed by atoms with van der Waals surface area (Å²) in [5, 5.41) is 14.0. The molecule has 2 N–H and O–H groups in total. The van der Waals surface area contributed by atoms with Gasteiger partial charge in [0, 0.05) is 31.3 Å². The number of hydrogen-bond donors (Lipinski definition) is 2. The molecule has 1 aromatic heterocycles. The molecule has 1 atom stereocenters. The van der Waals surface area contributed by atoms with E-state index in [1.807, 2.05) is 32.0 Å². The predicted octanol–water partition coefficient (Wildman–Crippen LogP) is 3.61. The molecule has 1 spiro atoms. The molecule has 4 rings (SSSR count). The summed E-state index contributed by atoms with van der Waals surface area (Å²) in [5.74, 6) is 0.809. The maximum absolute atomic E-state index is 12.6. The van der Waals surface area contributed by atoms with Crippen molar-refractivity contribution in [1.29, 1.82) is 0 Å². The first kappa shape index (κ1) is 20.4. The maximum atomic E-state index is 12.6. The van der Waals surface area contributed by atoms with E-state index >= 15 is 0 Å². The Kier molecular flexibility index (Phi) is 5.77. The van der Waals surface area contributed by atoms with Crippen molar-refractivity contribution in [2.75, 3.05) is 26.2 Å². The van der Waals surface area contributed by atoms with Crippen LogP contribution >= 0.6 is 0 Å². The van der Waals surface area contributed by atoms with Crippen LogP contribution in [0.1, 0.15) is 54.7 Å². The Hall–Kier alpha value is -2.86. The second-order valence-electron chi connectivity index (χ2n) is 7.89. The predicted molar refractivity (Wildman–Crippen MR) is 117 cm³/mol. The highest BCUT2D eigenvalue weighted by atomic mass is 16.5. The molecule has 0 radical (unpaired) electrons. The minimum atomic E-state index is -0.407. The number of carbonyl (C=O) groups excluding carboxylic acids is 1. The first-order valence-corrected chi connectivity index (χ1v) is 10.8. The van der Waals surface area contributed by atoms with Crippen molar-refractivity contribution in [3.8, 4) is 11.5 Å². The lowest BCUT2D eigenvalue weighted by Crippen LogP contribution is -2.37. The number of hydrogen-bond acceptors (Lipinski definition) is 5. The van der Waals surface area contributed by atoms with Crippen molar-refractivity contribution in [3.05, 3.63) is 59.4 Å². The highest BCUT2D eigenvalue weighted by Gasteiger charge is 2.37. The van der Waals surface area contributed by atoms with Crippen LogP contribution < -0.4 is 10.1 Å². The summed E-state index contributed by atoms with van der Waals surface area (Å²) < 4.78 is 6.44. The lowest BCUT2D eigenvalue weighted by molar-refractivity contribution is 0.0767. The van der Waals surface area contributed by atoms with Gasteiger partial charge in [-0.2, -0.15) is 0 Å². The van der Waals surface area contributed by atoms with Crippen molar-refractivity contribution >= 4 is 11.5 Å². The van der Waals surface area contributed by atoms with Gasteiger partial charge in [0.2, 0.25) is 0 Å². The van der Waals surface area contributed by atoms with Crippen LogP contribution in [0.5, 0.6) is 11.5 Å². The van der Waals surface area contributed by atoms with E-state index in [-0.39, 0.29) is 11.7 Å². The first-order valence-electron chi connectivity index (χ1n) is 10.8. The molecule has 6 heteroatoms. The summed E-state index contributed by atoms with van der Waals surface area (Å²) in [5.41, 5.74) is 2.49. The number of nitrogens with one attached hydrogen (secondary N) is 1. The Morgan fingerprint density at radius 3 is 2.77 bits per heavy atom. The SMILES string of the molecule is CCN(CC)C(=O)c1ccc(C2=CC3(CCCNCC3)Oc3cccc(O)c32)cn1. The minimum absolute atomic E-state index is 0.0675. The molecule has 1 amide bonds. The Morgan fingerprint density at radius 1 is 1.20 bits per heavy atom. The van der Waals surface area contributed by atoms with Crippen LogP contribution in [0.4, 0.5) is 0 Å². The summed E-state index contributed by atoms with van der Waals surface area (Å²) in [6.07, 6.45) is 6.66. The first-order chi connectivity index (χ1) is 14.6. The standard InChI is InChI=1S/C24H29N3O3/c1-3-27(4-2)23(29)19-10-9-17(16-26-19)18-15-24(11-6-13-25-14-12-24)30-21-8-5-7-20(28)22(18)21/h5,7-10,15-16,25,28H,3-4,6,11-14H2,1-2H3. The lowest BCUT2D eigenvalue weighted by atomic mass is 9.84. The zero-order valence-electron chi connectivity index (χ0n) is 17.6. The Bertz CT molecular complexity index is 941. The minimum Gasteiger partial charge on any atom is -0.507 e. The third kappa shape index (κ3) is 3.79. The summed E-state index contributed by atoms with van der Waals surface area (Å²) in [7, 11) is 0. The number of amides is 1. The second kappa shape index (κ2) is 8.48. The smallest absolute Gasteiger partial charge is 0.272 e. The molecule has 2 aliphatic heterocycles. The topological polar surface area (TPSA) is 74.7 Å². The molecule has 0 aliphatic carbocycles. The van der Waals surface area contributed by atoms with Crippen LogP contribution in [0.2, 0.25) is 0 Å². The molecule has 2 aliphatic rings. The van der Waals surface area contributed by atoms with E-state index in [1.165, 1.54) is 0 Å². The van der Waals surface area contributed by atoms with Crippen molar-refractivity contribution in [2.45, 2.75) is 38.7 Å². The van der Waals surface area contributed by atoms with E-state index in [4.69, 9.17) is 4.74 Å². The van der Waals surface area contributed by atoms with Gasteiger partial charge in [0.15, 0.2) is 0 Å². The monoisotopic (exact) mass is 407 g/mol. The number of aromatic hydroxyl groups is 1. The molecule has 1 fully saturated rings. The van der Waals surface area contributed by atoms with Gasteiger partial charge in [-0.1, -0.05) is 12.1 Å². The van der Waals surface area contributed by atoms with Gasteiger partial charge in [-0.05, 0) is 69.6 Å². The summed E-state index contributed by atoms with van der Waals surface area (Å²) >= 11 is 0. The highest BCUT2D eigenvalue weighted by Crippen LogP contribution is 2.46. The number of aromatic nitrogens is 1. The number of pyridine rings is 1. The van der Waals surface area contributed by atoms with Crippen LogP contribution in [-0.4, -0.2) is 52.7 Å². The quantitative estimate of drug-likeness (QED) is 0.810. The second-order valence-corrected chi connectivity index (χ2v) is 7.89. The van der Waals surface area contributed by atoms with Gasteiger partial charge >= 0.3 is 0 Å². The molecule has 1 aromatic carbocycles. The molecule has 0 saturated carbocycles. The molecule has 3 heterocycles. The van der Waals surface area contributed by atoms with Crippen LogP contribution in [0.25, 0.3) is 5.57 Å². The normalized spacial score (nSPS) is 20.7. The molecule has 0 bridgehead atoms. The third-order valence-electron chi connectivity index (χ3n) is 6.02. The van der Waals surface area contributed by atoms with Gasteiger partial charge in [0.05, 0.1) is 5.56 Å². The average Bonchev–Trinajstić information content (AvgIpc) is 2.99. The fourth-order valence-electron chi connectivity index (χ4n) is 4.35. The number of carbonyl (C=O) groups is 1. The lowest BCUT2D eigenvalue weighted by Gasteiger charge is -2.36. The summed E-state index contributed by atoms with van der Waals surface area (Å²) in [6, 6.07) is 9.08. The van der Waals surface area contributed by atoms with Gasteiger partial charge in [-0.15, -0.1) is 0 Å². The van der Waals surface area contributed by atoms with Crippen molar-refractivity contribution in [3.63, 3.8) is 0 Å². The molecule has 158 valence electrons. The van der Waals surface area contributed by atoms with Gasteiger partial charge in [0.25, 0.3) is 5.91 Å². The van der Waals surface area contributed by atoms with Crippen LogP contribution in [-0.2, 0) is 0 Å². The molecule has 6 nitrogen and oxygen atoms in total. The van der Waals surface area contributed by atoms with Gasteiger partial charge < -0.3 is 20.1 Å². The van der Waals surface area contributed by atoms with E-state index in [9.17, 15) is 9.90 Å². The number of phenols is 1. The fourth-order valence-corrected chi connectivity index (χ4v) is 4.35. The molecular weight excluding hydrogens is 378 g/mol. The number of ether oxygens (including phenoxy) is 1. The average molecular weight is 408 g/mol. The zero-order valence-corrected chi connectivity index (χ0v) is 17.6. The van der Waals surface area contributed by atoms with Crippen molar-refractivity contribution < 1.29 is 14.6 Å². The number of benzene rings is 1. The number of rotatable bonds is 4. The third-order valence-corrected chi connectivity index (χ3v) is 6.02. The van der Waals surface area contributed by atoms with Crippen LogP contribution in [0, 0.1) is 0 Å². The van der Waals surface area contributed by atoms with Crippen LogP contribution in [0.15, 0.2) is 42.6 Å². The summed E-state index contributed by atoms with van der Waals surface area (Å²) in [6.45, 7) is 7.09. The van der Waals surface area contributed by atoms with Gasteiger partial charge in [-0.3, -0.25) is 9.78 Å². The number of nitrogens with zero attached hydrogens (tertiary/aromatic N) is 2. The largest absolute Gasteiger partial charge is 0.507 e. The zero-order chi connectivity index (χ0) is 21.1.